The van der Waals surface area contributed by atoms with Crippen molar-refractivity contribution in [2.45, 2.75) is 25.3 Å². The molecule has 0 spiro atoms. The molecule has 0 saturated heterocycles. The molecule has 0 bridgehead atoms. The van der Waals surface area contributed by atoms with E-state index in [0.717, 1.165) is 5.56 Å². The van der Waals surface area contributed by atoms with E-state index < -0.39 is 0 Å². The van der Waals surface area contributed by atoms with Crippen LogP contribution in [-0.2, 0) is 0 Å². The SMILES string of the molecule is Cl.N[C@@H](c1ccc(F)c(Cl)c1)C1CCC1. The van der Waals surface area contributed by atoms with Gasteiger partial charge in [0, 0.05) is 6.04 Å². The third kappa shape index (κ3) is 2.63. The number of hydrogen-bond acceptors (Lipinski definition) is 1. The van der Waals surface area contributed by atoms with Crippen LogP contribution in [0, 0.1) is 11.7 Å². The molecule has 1 fully saturated rings. The molecule has 1 nitrogen and oxygen atoms in total. The zero-order chi connectivity index (χ0) is 10.1. The third-order valence-electron chi connectivity index (χ3n) is 2.99. The lowest BCUT2D eigenvalue weighted by atomic mass is 9.78. The van der Waals surface area contributed by atoms with Gasteiger partial charge in [-0.2, -0.15) is 0 Å². The standard InChI is InChI=1S/C11H13ClFN.ClH/c12-9-6-8(4-5-10(9)13)11(14)7-2-1-3-7;/h4-7,11H,1-3,14H2;1H/t11-;/m1./s1. The first-order valence-electron chi connectivity index (χ1n) is 4.89. The van der Waals surface area contributed by atoms with E-state index in [-0.39, 0.29) is 29.3 Å². The van der Waals surface area contributed by atoms with E-state index in [0.29, 0.717) is 5.92 Å². The average molecular weight is 250 g/mol. The van der Waals surface area contributed by atoms with Crippen molar-refractivity contribution in [3.63, 3.8) is 0 Å². The van der Waals surface area contributed by atoms with Gasteiger partial charge in [0.25, 0.3) is 0 Å². The van der Waals surface area contributed by atoms with Crippen molar-refractivity contribution in [1.82, 2.24) is 0 Å². The van der Waals surface area contributed by atoms with Gasteiger partial charge in [-0.1, -0.05) is 24.1 Å². The molecule has 0 amide bonds. The fraction of sp³-hybridized carbons (Fsp3) is 0.455. The van der Waals surface area contributed by atoms with Gasteiger partial charge in [0.1, 0.15) is 5.82 Å². The van der Waals surface area contributed by atoms with Crippen molar-refractivity contribution in [1.29, 1.82) is 0 Å². The Kier molecular flexibility index (Phi) is 4.38. The first kappa shape index (κ1) is 12.8. The summed E-state index contributed by atoms with van der Waals surface area (Å²) in [6, 6.07) is 4.77. The second kappa shape index (κ2) is 5.15. The van der Waals surface area contributed by atoms with Crippen LogP contribution in [0.4, 0.5) is 4.39 Å². The van der Waals surface area contributed by atoms with Crippen LogP contribution in [0.5, 0.6) is 0 Å². The van der Waals surface area contributed by atoms with Crippen molar-refractivity contribution in [2.24, 2.45) is 11.7 Å². The molecule has 0 radical (unpaired) electrons. The molecule has 0 aromatic heterocycles. The Balaban J connectivity index is 0.00000112. The highest BCUT2D eigenvalue weighted by molar-refractivity contribution is 6.30. The quantitative estimate of drug-likeness (QED) is 0.850. The summed E-state index contributed by atoms with van der Waals surface area (Å²) in [5, 5.41) is 0.164. The van der Waals surface area contributed by atoms with Gasteiger partial charge in [0.2, 0.25) is 0 Å². The molecule has 1 saturated carbocycles. The maximum atomic E-state index is 12.9. The Bertz CT molecular complexity index is 339. The van der Waals surface area contributed by atoms with Crippen LogP contribution in [0.15, 0.2) is 18.2 Å². The molecule has 0 aliphatic heterocycles. The Morgan fingerprint density at radius 2 is 2.07 bits per heavy atom. The van der Waals surface area contributed by atoms with Gasteiger partial charge >= 0.3 is 0 Å². The van der Waals surface area contributed by atoms with E-state index in [1.807, 2.05) is 0 Å². The lowest BCUT2D eigenvalue weighted by molar-refractivity contribution is 0.264. The molecule has 15 heavy (non-hydrogen) atoms. The number of hydrogen-bond donors (Lipinski definition) is 1. The van der Waals surface area contributed by atoms with E-state index in [1.54, 1.807) is 12.1 Å². The van der Waals surface area contributed by atoms with Gasteiger partial charge in [0.15, 0.2) is 0 Å². The number of nitrogens with two attached hydrogens (primary N) is 1. The van der Waals surface area contributed by atoms with Crippen LogP contribution in [0.3, 0.4) is 0 Å². The van der Waals surface area contributed by atoms with E-state index >= 15 is 0 Å². The topological polar surface area (TPSA) is 26.0 Å². The summed E-state index contributed by atoms with van der Waals surface area (Å²) in [6.07, 6.45) is 3.61. The summed E-state index contributed by atoms with van der Waals surface area (Å²) in [5.41, 5.74) is 6.98. The van der Waals surface area contributed by atoms with Crippen molar-refractivity contribution < 1.29 is 4.39 Å². The van der Waals surface area contributed by atoms with E-state index in [2.05, 4.69) is 0 Å². The van der Waals surface area contributed by atoms with Crippen LogP contribution in [0.1, 0.15) is 30.9 Å². The maximum absolute atomic E-state index is 12.9. The second-order valence-corrected chi connectivity index (χ2v) is 4.30. The van der Waals surface area contributed by atoms with Crippen LogP contribution >= 0.6 is 24.0 Å². The Labute approximate surface area is 100 Å². The first-order chi connectivity index (χ1) is 6.68. The summed E-state index contributed by atoms with van der Waals surface area (Å²) >= 11 is 5.69. The molecule has 1 aliphatic carbocycles. The summed E-state index contributed by atoms with van der Waals surface area (Å²) in [6.45, 7) is 0. The maximum Gasteiger partial charge on any atom is 0.141 e. The van der Waals surface area contributed by atoms with Crippen LogP contribution in [0.2, 0.25) is 5.02 Å². The Morgan fingerprint density at radius 3 is 2.53 bits per heavy atom. The second-order valence-electron chi connectivity index (χ2n) is 3.89. The third-order valence-corrected chi connectivity index (χ3v) is 3.28. The summed E-state index contributed by atoms with van der Waals surface area (Å²) in [7, 11) is 0. The lowest BCUT2D eigenvalue weighted by Crippen LogP contribution is -2.26. The predicted octanol–water partition coefficient (Wildman–Crippen LogP) is 3.70. The number of halogens is 3. The summed E-state index contributed by atoms with van der Waals surface area (Å²) < 4.78 is 12.9. The van der Waals surface area contributed by atoms with Gasteiger partial charge in [-0.3, -0.25) is 0 Å². The fourth-order valence-electron chi connectivity index (χ4n) is 1.79. The minimum absolute atomic E-state index is 0. The monoisotopic (exact) mass is 249 g/mol. The Morgan fingerprint density at radius 1 is 1.40 bits per heavy atom. The average Bonchev–Trinajstić information content (AvgIpc) is 2.06. The Hall–Kier alpha value is -0.310. The molecule has 2 N–H and O–H groups in total. The molecule has 2 rings (SSSR count). The highest BCUT2D eigenvalue weighted by Gasteiger charge is 2.25. The smallest absolute Gasteiger partial charge is 0.141 e. The largest absolute Gasteiger partial charge is 0.324 e. The first-order valence-corrected chi connectivity index (χ1v) is 5.27. The molecular formula is C11H14Cl2FN. The van der Waals surface area contributed by atoms with Gasteiger partial charge < -0.3 is 5.73 Å². The van der Waals surface area contributed by atoms with Gasteiger partial charge in [-0.25, -0.2) is 4.39 Å². The van der Waals surface area contributed by atoms with Crippen LogP contribution < -0.4 is 5.73 Å². The van der Waals surface area contributed by atoms with Gasteiger partial charge in [-0.05, 0) is 36.5 Å². The van der Waals surface area contributed by atoms with Crippen LogP contribution in [0.25, 0.3) is 0 Å². The molecule has 84 valence electrons. The zero-order valence-corrected chi connectivity index (χ0v) is 9.82. The predicted molar refractivity (Wildman–Crippen MR) is 62.9 cm³/mol. The molecule has 4 heteroatoms. The molecule has 0 heterocycles. The van der Waals surface area contributed by atoms with Crippen molar-refractivity contribution in [3.05, 3.63) is 34.6 Å². The molecule has 0 unspecified atom stereocenters. The zero-order valence-electron chi connectivity index (χ0n) is 8.25. The van der Waals surface area contributed by atoms with Gasteiger partial charge in [-0.15, -0.1) is 12.4 Å². The minimum Gasteiger partial charge on any atom is -0.324 e. The van der Waals surface area contributed by atoms with E-state index in [1.165, 1.54) is 25.3 Å². The highest BCUT2D eigenvalue weighted by Crippen LogP contribution is 2.36. The molecular weight excluding hydrogens is 236 g/mol. The van der Waals surface area contributed by atoms with E-state index in [4.69, 9.17) is 17.3 Å². The molecule has 1 aromatic rings. The van der Waals surface area contributed by atoms with Crippen molar-refractivity contribution in [3.8, 4) is 0 Å². The summed E-state index contributed by atoms with van der Waals surface area (Å²) in [4.78, 5) is 0. The number of benzene rings is 1. The normalized spacial score (nSPS) is 17.8. The molecule has 1 aromatic carbocycles. The van der Waals surface area contributed by atoms with Crippen LogP contribution in [-0.4, -0.2) is 0 Å². The molecule has 1 atom stereocenters. The fourth-order valence-corrected chi connectivity index (χ4v) is 1.98. The van der Waals surface area contributed by atoms with Gasteiger partial charge in [0.05, 0.1) is 5.02 Å². The van der Waals surface area contributed by atoms with Crippen molar-refractivity contribution >= 4 is 24.0 Å². The summed E-state index contributed by atoms with van der Waals surface area (Å²) in [5.74, 6) is 0.174. The van der Waals surface area contributed by atoms with E-state index in [9.17, 15) is 4.39 Å². The minimum atomic E-state index is -0.378. The lowest BCUT2D eigenvalue weighted by Gasteiger charge is -2.31. The molecule has 1 aliphatic rings. The van der Waals surface area contributed by atoms with Crippen molar-refractivity contribution in [2.75, 3.05) is 0 Å². The number of rotatable bonds is 2. The highest BCUT2D eigenvalue weighted by atomic mass is 35.5.